The molecule has 0 amide bonds. The second-order valence-corrected chi connectivity index (χ2v) is 8.68. The maximum absolute atomic E-state index is 15.3. The Morgan fingerprint density at radius 1 is 1.38 bits per heavy atom. The van der Waals surface area contributed by atoms with E-state index in [1.165, 1.54) is 11.7 Å². The minimum atomic E-state index is -1.92. The minimum absolute atomic E-state index is 0.0198. The number of aromatic nitrogens is 2. The lowest BCUT2D eigenvalue weighted by molar-refractivity contribution is -0.172. The number of carbonyl (C=O) groups is 1. The Morgan fingerprint density at radius 2 is 2.12 bits per heavy atom. The number of carbonyl (C=O) groups excluding carboxylic acids is 1. The standard InChI is InChI=1S/C22H19BrFN3O5/c1-3-22(30)12-4-15-18-10(7-27(15)20(28)11(12)8-32-21(22)29)9(6-25)16-14(26-18)5-13(23)19(31-2)17(16)24/h4-5,30H,3,6-8,25H2,1-2H3/t22-/m0/s1. The number of rotatable bonds is 3. The Balaban J connectivity index is 1.85. The first-order chi connectivity index (χ1) is 15.3. The van der Waals surface area contributed by atoms with Crippen molar-refractivity contribution in [3.63, 3.8) is 0 Å². The van der Waals surface area contributed by atoms with Crippen molar-refractivity contribution in [1.82, 2.24) is 9.55 Å². The number of benzene rings is 1. The third-order valence-electron chi connectivity index (χ3n) is 6.35. The summed E-state index contributed by atoms with van der Waals surface area (Å²) in [7, 11) is 1.37. The number of aliphatic hydroxyl groups is 1. The van der Waals surface area contributed by atoms with Crippen molar-refractivity contribution < 1.29 is 23.8 Å². The number of ether oxygens (including phenoxy) is 2. The van der Waals surface area contributed by atoms with Gasteiger partial charge in [-0.15, -0.1) is 0 Å². The Bertz CT molecular complexity index is 1400. The van der Waals surface area contributed by atoms with Crippen LogP contribution in [0.2, 0.25) is 0 Å². The van der Waals surface area contributed by atoms with E-state index in [1.54, 1.807) is 19.1 Å². The van der Waals surface area contributed by atoms with Crippen LogP contribution in [0.25, 0.3) is 22.3 Å². The van der Waals surface area contributed by atoms with Crippen LogP contribution in [-0.2, 0) is 34.8 Å². The monoisotopic (exact) mass is 503 g/mol. The van der Waals surface area contributed by atoms with Crippen molar-refractivity contribution in [2.45, 2.75) is 38.6 Å². The average Bonchev–Trinajstić information content (AvgIpc) is 3.14. The van der Waals surface area contributed by atoms with Gasteiger partial charge < -0.3 is 24.9 Å². The van der Waals surface area contributed by atoms with Crippen LogP contribution in [0, 0.1) is 5.82 Å². The van der Waals surface area contributed by atoms with E-state index < -0.39 is 17.4 Å². The van der Waals surface area contributed by atoms with E-state index in [0.29, 0.717) is 32.5 Å². The summed E-state index contributed by atoms with van der Waals surface area (Å²) in [5, 5.41) is 11.2. The number of hydrogen-bond acceptors (Lipinski definition) is 7. The van der Waals surface area contributed by atoms with Gasteiger partial charge >= 0.3 is 5.97 Å². The molecule has 4 heterocycles. The first kappa shape index (κ1) is 21.0. The summed E-state index contributed by atoms with van der Waals surface area (Å²) in [5.74, 6) is -1.34. The first-order valence-corrected chi connectivity index (χ1v) is 10.8. The first-order valence-electron chi connectivity index (χ1n) is 10.0. The van der Waals surface area contributed by atoms with E-state index in [4.69, 9.17) is 15.2 Å². The predicted octanol–water partition coefficient (Wildman–Crippen LogP) is 2.45. The zero-order valence-electron chi connectivity index (χ0n) is 17.3. The Labute approximate surface area is 189 Å². The molecule has 0 spiro atoms. The van der Waals surface area contributed by atoms with Gasteiger partial charge in [-0.3, -0.25) is 4.79 Å². The molecule has 0 aliphatic carbocycles. The van der Waals surface area contributed by atoms with Crippen molar-refractivity contribution in [3.05, 3.63) is 55.0 Å². The highest BCUT2D eigenvalue weighted by atomic mass is 79.9. The summed E-state index contributed by atoms with van der Waals surface area (Å²) in [5.41, 5.74) is 6.56. The smallest absolute Gasteiger partial charge is 0.343 e. The van der Waals surface area contributed by atoms with Gasteiger partial charge in [-0.2, -0.15) is 0 Å². The Morgan fingerprint density at radius 3 is 2.78 bits per heavy atom. The fourth-order valence-electron chi connectivity index (χ4n) is 4.65. The highest BCUT2D eigenvalue weighted by molar-refractivity contribution is 9.10. The van der Waals surface area contributed by atoms with E-state index in [2.05, 4.69) is 20.9 Å². The molecule has 2 aliphatic rings. The Hall–Kier alpha value is -2.82. The van der Waals surface area contributed by atoms with Gasteiger partial charge in [0.15, 0.2) is 17.2 Å². The number of nitrogens with zero attached hydrogens (tertiary/aromatic N) is 2. The Kier molecular flexibility index (Phi) is 4.66. The summed E-state index contributed by atoms with van der Waals surface area (Å²) in [6.07, 6.45) is 0.0474. The predicted molar refractivity (Wildman–Crippen MR) is 117 cm³/mol. The van der Waals surface area contributed by atoms with Gasteiger partial charge in [-0.25, -0.2) is 14.2 Å². The molecule has 32 heavy (non-hydrogen) atoms. The van der Waals surface area contributed by atoms with Crippen LogP contribution in [-0.4, -0.2) is 27.7 Å². The van der Waals surface area contributed by atoms with Crippen molar-refractivity contribution >= 4 is 32.8 Å². The van der Waals surface area contributed by atoms with Gasteiger partial charge in [0.05, 0.1) is 40.6 Å². The lowest BCUT2D eigenvalue weighted by Crippen LogP contribution is -2.44. The molecule has 0 bridgehead atoms. The van der Waals surface area contributed by atoms with Crippen LogP contribution in [0.1, 0.15) is 35.6 Å². The molecule has 3 N–H and O–H groups in total. The highest BCUT2D eigenvalue weighted by Crippen LogP contribution is 2.42. The normalized spacial score (nSPS) is 18.9. The molecule has 0 radical (unpaired) electrons. The van der Waals surface area contributed by atoms with Gasteiger partial charge in [0.1, 0.15) is 6.61 Å². The SMILES string of the molecule is CC[C@@]1(O)C(=O)OCc2c1cc1n(c2=O)Cc2c-1nc1cc(Br)c(OC)c(F)c1c2CN. The topological polar surface area (TPSA) is 117 Å². The molecule has 0 saturated carbocycles. The highest BCUT2D eigenvalue weighted by Gasteiger charge is 2.45. The fraction of sp³-hybridized carbons (Fsp3) is 0.318. The molecule has 2 aliphatic heterocycles. The van der Waals surface area contributed by atoms with Crippen LogP contribution in [0.5, 0.6) is 5.75 Å². The quantitative estimate of drug-likeness (QED) is 0.412. The number of methoxy groups -OCH3 is 1. The molecular formula is C22H19BrFN3O5. The molecule has 1 atom stereocenters. The lowest BCUT2D eigenvalue weighted by Gasteiger charge is -2.31. The molecule has 5 rings (SSSR count). The van der Waals surface area contributed by atoms with Gasteiger partial charge in [-0.05, 0) is 40.0 Å². The number of pyridine rings is 2. The van der Waals surface area contributed by atoms with Crippen LogP contribution in [0.3, 0.4) is 0 Å². The number of fused-ring (bicyclic) bond motifs is 5. The van der Waals surface area contributed by atoms with Crippen LogP contribution in [0.15, 0.2) is 21.4 Å². The summed E-state index contributed by atoms with van der Waals surface area (Å²) >= 11 is 3.30. The van der Waals surface area contributed by atoms with Crippen LogP contribution in [0.4, 0.5) is 4.39 Å². The van der Waals surface area contributed by atoms with Gasteiger partial charge in [0.25, 0.3) is 5.56 Å². The molecule has 166 valence electrons. The molecule has 10 heteroatoms. The molecule has 8 nitrogen and oxygen atoms in total. The van der Waals surface area contributed by atoms with Gasteiger partial charge in [0.2, 0.25) is 0 Å². The largest absolute Gasteiger partial charge is 0.492 e. The van der Waals surface area contributed by atoms with E-state index >= 15 is 4.39 Å². The van der Waals surface area contributed by atoms with Gasteiger partial charge in [-0.1, -0.05) is 6.92 Å². The molecule has 0 fully saturated rings. The number of nitrogens with two attached hydrogens (primary N) is 1. The van der Waals surface area contributed by atoms with Crippen LogP contribution < -0.4 is 16.0 Å². The van der Waals surface area contributed by atoms with E-state index in [0.717, 1.165) is 0 Å². The van der Waals surface area contributed by atoms with E-state index in [-0.39, 0.29) is 53.9 Å². The van der Waals surface area contributed by atoms with Crippen molar-refractivity contribution in [3.8, 4) is 17.1 Å². The summed E-state index contributed by atoms with van der Waals surface area (Å²) in [4.78, 5) is 30.3. The lowest BCUT2D eigenvalue weighted by atomic mass is 9.86. The van der Waals surface area contributed by atoms with Crippen molar-refractivity contribution in [2.24, 2.45) is 5.73 Å². The minimum Gasteiger partial charge on any atom is -0.492 e. The second-order valence-electron chi connectivity index (χ2n) is 7.82. The van der Waals surface area contributed by atoms with Crippen molar-refractivity contribution in [2.75, 3.05) is 7.11 Å². The number of esters is 1. The molecule has 0 unspecified atom stereocenters. The second kappa shape index (κ2) is 7.09. The average molecular weight is 504 g/mol. The maximum Gasteiger partial charge on any atom is 0.343 e. The number of halogens is 2. The molecular weight excluding hydrogens is 485 g/mol. The summed E-state index contributed by atoms with van der Waals surface area (Å²) < 4.78 is 27.4. The maximum atomic E-state index is 15.3. The fourth-order valence-corrected chi connectivity index (χ4v) is 5.20. The zero-order valence-corrected chi connectivity index (χ0v) is 18.9. The summed E-state index contributed by atoms with van der Waals surface area (Å²) in [6, 6.07) is 3.25. The molecule has 2 aromatic heterocycles. The van der Waals surface area contributed by atoms with Crippen LogP contribution >= 0.6 is 15.9 Å². The molecule has 1 aromatic carbocycles. The van der Waals surface area contributed by atoms with E-state index in [1.807, 2.05) is 0 Å². The zero-order chi connectivity index (χ0) is 22.9. The molecule has 0 saturated heterocycles. The summed E-state index contributed by atoms with van der Waals surface area (Å²) in [6.45, 7) is 1.58. The van der Waals surface area contributed by atoms with E-state index in [9.17, 15) is 14.7 Å². The molecule has 3 aromatic rings. The van der Waals surface area contributed by atoms with Crippen molar-refractivity contribution in [1.29, 1.82) is 0 Å². The third kappa shape index (κ3) is 2.57. The third-order valence-corrected chi connectivity index (χ3v) is 6.94. The number of hydrogen-bond donors (Lipinski definition) is 2. The van der Waals surface area contributed by atoms with Gasteiger partial charge in [0, 0.05) is 23.1 Å². The number of cyclic esters (lactones) is 1.